The molecular weight excluding hydrogens is 322 g/mol. The first kappa shape index (κ1) is 18.4. The summed E-state index contributed by atoms with van der Waals surface area (Å²) in [5.41, 5.74) is 2.76. The van der Waals surface area contributed by atoms with Crippen LogP contribution in [0.3, 0.4) is 0 Å². The summed E-state index contributed by atoms with van der Waals surface area (Å²) in [5, 5.41) is 18.3. The molecule has 132 valence electrons. The Morgan fingerprint density at radius 2 is 1.80 bits per heavy atom. The van der Waals surface area contributed by atoms with Crippen LogP contribution in [0, 0.1) is 6.92 Å². The average Bonchev–Trinajstić information content (AvgIpc) is 2.59. The van der Waals surface area contributed by atoms with Crippen molar-refractivity contribution < 1.29 is 14.7 Å². The number of hydrogen-bond donors (Lipinski definition) is 3. The Labute approximate surface area is 145 Å². The van der Waals surface area contributed by atoms with E-state index in [2.05, 4.69) is 15.5 Å². The molecule has 1 heterocycles. The lowest BCUT2D eigenvalue weighted by Gasteiger charge is -2.12. The molecule has 2 aromatic rings. The Morgan fingerprint density at radius 3 is 2.40 bits per heavy atom. The highest BCUT2D eigenvalue weighted by Gasteiger charge is 2.15. The summed E-state index contributed by atoms with van der Waals surface area (Å²) >= 11 is 0. The number of aromatic carboxylic acids is 1. The zero-order valence-electron chi connectivity index (χ0n) is 14.5. The predicted octanol–water partition coefficient (Wildman–Crippen LogP) is 1.83. The van der Waals surface area contributed by atoms with Crippen LogP contribution in [-0.2, 0) is 19.4 Å². The number of rotatable bonds is 6. The smallest absolute Gasteiger partial charge is 0.335 e. The van der Waals surface area contributed by atoms with Gasteiger partial charge < -0.3 is 10.4 Å². The Hall–Kier alpha value is -2.96. The fourth-order valence-corrected chi connectivity index (χ4v) is 2.77. The minimum Gasteiger partial charge on any atom is -0.478 e. The number of aromatic nitrogens is 2. The molecule has 0 atom stereocenters. The number of nitrogens with zero attached hydrogens (tertiary/aromatic N) is 1. The van der Waals surface area contributed by atoms with Crippen LogP contribution in [-0.4, -0.2) is 27.2 Å². The molecule has 1 amide bonds. The van der Waals surface area contributed by atoms with Crippen LogP contribution in [0.2, 0.25) is 0 Å². The van der Waals surface area contributed by atoms with Gasteiger partial charge in [0, 0.05) is 17.7 Å². The van der Waals surface area contributed by atoms with Gasteiger partial charge in [-0.3, -0.25) is 9.59 Å². The van der Waals surface area contributed by atoms with E-state index in [1.165, 1.54) is 12.1 Å². The summed E-state index contributed by atoms with van der Waals surface area (Å²) < 4.78 is 0. The molecule has 7 heteroatoms. The third-order valence-electron chi connectivity index (χ3n) is 3.98. The quantitative estimate of drug-likeness (QED) is 0.741. The molecule has 2 rings (SSSR count). The van der Waals surface area contributed by atoms with Gasteiger partial charge in [0.1, 0.15) is 0 Å². The maximum Gasteiger partial charge on any atom is 0.335 e. The summed E-state index contributed by atoms with van der Waals surface area (Å²) in [6.07, 6.45) is 1.32. The molecule has 25 heavy (non-hydrogen) atoms. The number of H-pyrrole nitrogens is 1. The van der Waals surface area contributed by atoms with Crippen LogP contribution >= 0.6 is 0 Å². The average molecular weight is 343 g/mol. The van der Waals surface area contributed by atoms with Gasteiger partial charge in [-0.1, -0.05) is 13.8 Å². The molecule has 1 aromatic heterocycles. The first-order valence-corrected chi connectivity index (χ1v) is 8.09. The number of carbonyl (C=O) groups is 2. The molecule has 0 fully saturated rings. The number of hydrogen-bond acceptors (Lipinski definition) is 4. The number of carboxylic acid groups (broad SMARTS) is 1. The first-order chi connectivity index (χ1) is 11.9. The maximum atomic E-state index is 12.4. The highest BCUT2D eigenvalue weighted by atomic mass is 16.4. The van der Waals surface area contributed by atoms with Gasteiger partial charge in [-0.25, -0.2) is 9.89 Å². The lowest BCUT2D eigenvalue weighted by molar-refractivity contribution is 0.0696. The van der Waals surface area contributed by atoms with Gasteiger partial charge in [-0.15, -0.1) is 0 Å². The SMILES string of the molecule is CCc1n[nH]c(=O)c(CNC(=O)c2cc(C)cc(C(=O)O)c2)c1CC. The van der Waals surface area contributed by atoms with Crippen molar-refractivity contribution >= 4 is 11.9 Å². The van der Waals surface area contributed by atoms with E-state index in [9.17, 15) is 14.4 Å². The summed E-state index contributed by atoms with van der Waals surface area (Å²) in [6, 6.07) is 4.42. The van der Waals surface area contributed by atoms with Gasteiger partial charge in [-0.05, 0) is 49.1 Å². The Balaban J connectivity index is 2.27. The third-order valence-corrected chi connectivity index (χ3v) is 3.98. The zero-order valence-corrected chi connectivity index (χ0v) is 14.5. The first-order valence-electron chi connectivity index (χ1n) is 8.09. The van der Waals surface area contributed by atoms with E-state index < -0.39 is 11.9 Å². The van der Waals surface area contributed by atoms with E-state index in [4.69, 9.17) is 5.11 Å². The van der Waals surface area contributed by atoms with Crippen molar-refractivity contribution in [3.63, 3.8) is 0 Å². The monoisotopic (exact) mass is 343 g/mol. The van der Waals surface area contributed by atoms with Crippen LogP contribution < -0.4 is 10.9 Å². The lowest BCUT2D eigenvalue weighted by Crippen LogP contribution is -2.29. The van der Waals surface area contributed by atoms with Crippen LogP contribution in [0.15, 0.2) is 23.0 Å². The lowest BCUT2D eigenvalue weighted by atomic mass is 10.0. The van der Waals surface area contributed by atoms with Crippen molar-refractivity contribution in [3.8, 4) is 0 Å². The number of carboxylic acids is 1. The van der Waals surface area contributed by atoms with Gasteiger partial charge in [0.2, 0.25) is 0 Å². The van der Waals surface area contributed by atoms with Crippen molar-refractivity contribution in [2.24, 2.45) is 0 Å². The normalized spacial score (nSPS) is 10.5. The summed E-state index contributed by atoms with van der Waals surface area (Å²) in [7, 11) is 0. The molecule has 0 aliphatic carbocycles. The molecule has 0 aliphatic heterocycles. The molecule has 0 unspecified atom stereocenters. The Kier molecular flexibility index (Phi) is 5.69. The highest BCUT2D eigenvalue weighted by molar-refractivity contribution is 5.97. The molecular formula is C18H21N3O4. The summed E-state index contributed by atoms with van der Waals surface area (Å²) in [5.74, 6) is -1.52. The molecule has 0 radical (unpaired) electrons. The second kappa shape index (κ2) is 7.74. The number of nitrogens with one attached hydrogen (secondary N) is 2. The second-order valence-corrected chi connectivity index (χ2v) is 5.74. The van der Waals surface area contributed by atoms with Gasteiger partial charge in [0.15, 0.2) is 0 Å². The van der Waals surface area contributed by atoms with E-state index >= 15 is 0 Å². The van der Waals surface area contributed by atoms with Gasteiger partial charge >= 0.3 is 5.97 Å². The molecule has 0 aliphatic rings. The highest BCUT2D eigenvalue weighted by Crippen LogP contribution is 2.12. The number of carbonyl (C=O) groups excluding carboxylic acids is 1. The van der Waals surface area contributed by atoms with E-state index in [0.717, 1.165) is 11.3 Å². The number of amides is 1. The van der Waals surface area contributed by atoms with Crippen LogP contribution in [0.5, 0.6) is 0 Å². The number of aromatic amines is 1. The van der Waals surface area contributed by atoms with Crippen LogP contribution in [0.25, 0.3) is 0 Å². The van der Waals surface area contributed by atoms with Gasteiger partial charge in [0.05, 0.1) is 11.3 Å². The van der Waals surface area contributed by atoms with Crippen molar-refractivity contribution in [1.29, 1.82) is 0 Å². The summed E-state index contributed by atoms with van der Waals surface area (Å²) in [6.45, 7) is 5.66. The second-order valence-electron chi connectivity index (χ2n) is 5.74. The molecule has 1 aromatic carbocycles. The molecule has 7 nitrogen and oxygen atoms in total. The van der Waals surface area contributed by atoms with Gasteiger partial charge in [0.25, 0.3) is 11.5 Å². The topological polar surface area (TPSA) is 112 Å². The largest absolute Gasteiger partial charge is 0.478 e. The Morgan fingerprint density at radius 1 is 1.12 bits per heavy atom. The fraction of sp³-hybridized carbons (Fsp3) is 0.333. The van der Waals surface area contributed by atoms with E-state index in [0.29, 0.717) is 24.0 Å². The molecule has 0 spiro atoms. The standard InChI is InChI=1S/C18H21N3O4/c1-4-13-14(17(23)21-20-15(13)5-2)9-19-16(22)11-6-10(3)7-12(8-11)18(24)25/h6-8H,4-5,9H2,1-3H3,(H,19,22)(H,21,23)(H,24,25). The Bertz CT molecular complexity index is 871. The molecule has 0 saturated carbocycles. The van der Waals surface area contributed by atoms with Crippen molar-refractivity contribution in [2.45, 2.75) is 40.2 Å². The third kappa shape index (κ3) is 4.12. The van der Waals surface area contributed by atoms with Gasteiger partial charge in [-0.2, -0.15) is 5.10 Å². The number of benzene rings is 1. The minimum absolute atomic E-state index is 0.0504. The number of aryl methyl sites for hydroxylation is 2. The maximum absolute atomic E-state index is 12.4. The minimum atomic E-state index is -1.09. The zero-order chi connectivity index (χ0) is 18.6. The van der Waals surface area contributed by atoms with E-state index in [1.54, 1.807) is 13.0 Å². The van der Waals surface area contributed by atoms with Crippen LogP contribution in [0.1, 0.15) is 56.9 Å². The molecule has 0 bridgehead atoms. The van der Waals surface area contributed by atoms with E-state index in [-0.39, 0.29) is 23.2 Å². The van der Waals surface area contributed by atoms with E-state index in [1.807, 2.05) is 13.8 Å². The van der Waals surface area contributed by atoms with Crippen molar-refractivity contribution in [1.82, 2.24) is 15.5 Å². The predicted molar refractivity (Wildman–Crippen MR) is 92.9 cm³/mol. The fourth-order valence-electron chi connectivity index (χ4n) is 2.77. The van der Waals surface area contributed by atoms with Crippen LogP contribution in [0.4, 0.5) is 0 Å². The molecule has 3 N–H and O–H groups in total. The summed E-state index contributed by atoms with van der Waals surface area (Å²) in [4.78, 5) is 35.6. The molecule has 0 saturated heterocycles. The van der Waals surface area contributed by atoms with Crippen molar-refractivity contribution in [3.05, 3.63) is 62.1 Å². The van der Waals surface area contributed by atoms with Crippen molar-refractivity contribution in [2.75, 3.05) is 0 Å².